The van der Waals surface area contributed by atoms with Crippen LogP contribution in [-0.4, -0.2) is 68.9 Å². The number of amides is 1. The van der Waals surface area contributed by atoms with E-state index in [0.29, 0.717) is 0 Å². The third-order valence-electron chi connectivity index (χ3n) is 2.81. The van der Waals surface area contributed by atoms with Gasteiger partial charge in [0.05, 0.1) is 13.2 Å². The number of nitrogens with one attached hydrogen (secondary N) is 1. The second-order valence-electron chi connectivity index (χ2n) is 4.33. The monoisotopic (exact) mass is 363 g/mol. The molecule has 0 spiro atoms. The number of halogens is 3. The summed E-state index contributed by atoms with van der Waals surface area (Å²) in [7, 11) is 0. The number of alkyl halides is 3. The standard InChI is InChI=1S/C11H16Cl3NO6/c1-2-3-20-9-6(15-10(19)11(12,13)14)8(18)7(17)5(4-16)21-9/h2,5-9,16-18H,1,3-4H2,(H,15,19)/t5-,6-,7-,8-,9-/m1/s1. The zero-order chi connectivity index (χ0) is 16.2. The van der Waals surface area contributed by atoms with Crippen LogP contribution >= 0.6 is 34.8 Å². The lowest BCUT2D eigenvalue weighted by atomic mass is 9.97. The fourth-order valence-electron chi connectivity index (χ4n) is 1.77. The molecule has 0 aromatic rings. The van der Waals surface area contributed by atoms with E-state index in [1.54, 1.807) is 0 Å². The predicted octanol–water partition coefficient (Wildman–Crippen LogP) is -0.517. The van der Waals surface area contributed by atoms with Crippen molar-refractivity contribution in [1.82, 2.24) is 5.32 Å². The zero-order valence-electron chi connectivity index (χ0n) is 10.8. The fraction of sp³-hybridized carbons (Fsp3) is 0.727. The van der Waals surface area contributed by atoms with Crippen LogP contribution in [0.1, 0.15) is 0 Å². The first-order valence-corrected chi connectivity index (χ1v) is 7.08. The van der Waals surface area contributed by atoms with Gasteiger partial charge in [0.15, 0.2) is 6.29 Å². The highest BCUT2D eigenvalue weighted by Gasteiger charge is 2.47. The first-order chi connectivity index (χ1) is 9.72. The third kappa shape index (κ3) is 4.94. The Bertz CT molecular complexity index is 377. The fourth-order valence-corrected chi connectivity index (χ4v) is 1.94. The third-order valence-corrected chi connectivity index (χ3v) is 3.33. The molecule has 1 amide bonds. The van der Waals surface area contributed by atoms with Crippen LogP contribution in [0.3, 0.4) is 0 Å². The maximum atomic E-state index is 11.7. The average molecular weight is 365 g/mol. The quantitative estimate of drug-likeness (QED) is 0.386. The van der Waals surface area contributed by atoms with Crippen LogP contribution in [0.15, 0.2) is 12.7 Å². The number of hydrogen-bond donors (Lipinski definition) is 4. The number of carbonyl (C=O) groups is 1. The Labute approximate surface area is 136 Å². The molecule has 5 atom stereocenters. The van der Waals surface area contributed by atoms with Gasteiger partial charge in [-0.25, -0.2) is 0 Å². The first-order valence-electron chi connectivity index (χ1n) is 5.95. The molecule has 122 valence electrons. The molecule has 0 saturated carbocycles. The molecule has 4 N–H and O–H groups in total. The van der Waals surface area contributed by atoms with E-state index in [-0.39, 0.29) is 6.61 Å². The molecule has 0 aromatic carbocycles. The van der Waals surface area contributed by atoms with Crippen molar-refractivity contribution < 1.29 is 29.6 Å². The van der Waals surface area contributed by atoms with E-state index in [4.69, 9.17) is 49.4 Å². The molecule has 1 heterocycles. The maximum absolute atomic E-state index is 11.7. The van der Waals surface area contributed by atoms with Crippen LogP contribution in [0.2, 0.25) is 0 Å². The maximum Gasteiger partial charge on any atom is 0.272 e. The van der Waals surface area contributed by atoms with Gasteiger partial charge in [-0.15, -0.1) is 6.58 Å². The summed E-state index contributed by atoms with van der Waals surface area (Å²) in [6, 6.07) is -1.19. The number of aliphatic hydroxyl groups excluding tert-OH is 3. The molecule has 21 heavy (non-hydrogen) atoms. The van der Waals surface area contributed by atoms with Crippen LogP contribution in [0.25, 0.3) is 0 Å². The SMILES string of the molecule is C=CCO[C@@H]1O[C@H](CO)[C@@H](O)[C@H](O)[C@H]1NC(=O)C(Cl)(Cl)Cl. The first kappa shape index (κ1) is 18.9. The van der Waals surface area contributed by atoms with Gasteiger partial charge in [0, 0.05) is 0 Å². The van der Waals surface area contributed by atoms with E-state index in [2.05, 4.69) is 11.9 Å². The minimum atomic E-state index is -2.25. The van der Waals surface area contributed by atoms with Crippen molar-refractivity contribution in [3.05, 3.63) is 12.7 Å². The molecule has 0 bridgehead atoms. The van der Waals surface area contributed by atoms with E-state index < -0.39 is 47.0 Å². The summed E-state index contributed by atoms with van der Waals surface area (Å²) in [6.07, 6.45) is -3.74. The van der Waals surface area contributed by atoms with Crippen LogP contribution in [-0.2, 0) is 14.3 Å². The van der Waals surface area contributed by atoms with Crippen molar-refractivity contribution in [3.8, 4) is 0 Å². The molecule has 7 nitrogen and oxygen atoms in total. The minimum Gasteiger partial charge on any atom is -0.394 e. The second kappa shape index (κ2) is 7.94. The molecule has 1 rings (SSSR count). The van der Waals surface area contributed by atoms with Crippen molar-refractivity contribution in [1.29, 1.82) is 0 Å². The largest absolute Gasteiger partial charge is 0.394 e. The van der Waals surface area contributed by atoms with E-state index in [1.807, 2.05) is 0 Å². The van der Waals surface area contributed by atoms with Gasteiger partial charge in [0.1, 0.15) is 24.4 Å². The van der Waals surface area contributed by atoms with Crippen LogP contribution < -0.4 is 5.32 Å². The van der Waals surface area contributed by atoms with Crippen molar-refractivity contribution in [2.45, 2.75) is 34.4 Å². The second-order valence-corrected chi connectivity index (χ2v) is 6.61. The Balaban J connectivity index is 2.88. The van der Waals surface area contributed by atoms with E-state index >= 15 is 0 Å². The number of hydrogen-bond acceptors (Lipinski definition) is 6. The van der Waals surface area contributed by atoms with Crippen molar-refractivity contribution >= 4 is 40.7 Å². The minimum absolute atomic E-state index is 0.0474. The molecule has 1 aliphatic heterocycles. The topological polar surface area (TPSA) is 108 Å². The normalized spacial score (nSPS) is 33.5. The van der Waals surface area contributed by atoms with Crippen LogP contribution in [0.4, 0.5) is 0 Å². The Morgan fingerprint density at radius 3 is 2.48 bits per heavy atom. The summed E-state index contributed by atoms with van der Waals surface area (Å²) in [5.74, 6) is -1.01. The van der Waals surface area contributed by atoms with Gasteiger partial charge in [-0.3, -0.25) is 4.79 Å². The van der Waals surface area contributed by atoms with Crippen molar-refractivity contribution in [3.63, 3.8) is 0 Å². The van der Waals surface area contributed by atoms with Gasteiger partial charge >= 0.3 is 0 Å². The lowest BCUT2D eigenvalue weighted by molar-refractivity contribution is -0.267. The number of ether oxygens (including phenoxy) is 2. The number of aliphatic hydroxyl groups is 3. The molecule has 10 heteroatoms. The molecule has 0 unspecified atom stereocenters. The highest BCUT2D eigenvalue weighted by Crippen LogP contribution is 2.28. The summed E-state index contributed by atoms with van der Waals surface area (Å²) >= 11 is 16.3. The number of carbonyl (C=O) groups excluding carboxylic acids is 1. The zero-order valence-corrected chi connectivity index (χ0v) is 13.1. The lowest BCUT2D eigenvalue weighted by Gasteiger charge is -2.42. The highest BCUT2D eigenvalue weighted by molar-refractivity contribution is 6.76. The van der Waals surface area contributed by atoms with Gasteiger partial charge in [-0.2, -0.15) is 0 Å². The highest BCUT2D eigenvalue weighted by atomic mass is 35.6. The molecular weight excluding hydrogens is 348 g/mol. The average Bonchev–Trinajstić information content (AvgIpc) is 2.41. The number of rotatable bonds is 5. The Hall–Kier alpha value is -0.120. The van der Waals surface area contributed by atoms with E-state index in [1.165, 1.54) is 6.08 Å². The van der Waals surface area contributed by atoms with Crippen molar-refractivity contribution in [2.24, 2.45) is 0 Å². The van der Waals surface area contributed by atoms with E-state index in [9.17, 15) is 15.0 Å². The predicted molar refractivity (Wildman–Crippen MR) is 76.1 cm³/mol. The Morgan fingerprint density at radius 2 is 2.00 bits per heavy atom. The molecular formula is C11H16Cl3NO6. The lowest BCUT2D eigenvalue weighted by Crippen LogP contribution is -2.65. The smallest absolute Gasteiger partial charge is 0.272 e. The van der Waals surface area contributed by atoms with Gasteiger partial charge in [0.2, 0.25) is 0 Å². The summed E-state index contributed by atoms with van der Waals surface area (Å²) in [5.41, 5.74) is 0. The molecule has 1 saturated heterocycles. The van der Waals surface area contributed by atoms with Gasteiger partial charge in [-0.05, 0) is 0 Å². The Kier molecular flexibility index (Phi) is 7.15. The molecule has 1 aliphatic rings. The van der Waals surface area contributed by atoms with Gasteiger partial charge in [0.25, 0.3) is 9.70 Å². The van der Waals surface area contributed by atoms with Crippen LogP contribution in [0.5, 0.6) is 0 Å². The summed E-state index contributed by atoms with van der Waals surface area (Å²) in [4.78, 5) is 11.7. The summed E-state index contributed by atoms with van der Waals surface area (Å²) < 4.78 is 8.27. The summed E-state index contributed by atoms with van der Waals surface area (Å²) in [5, 5.41) is 31.2. The molecule has 0 aliphatic carbocycles. The molecule has 1 fully saturated rings. The van der Waals surface area contributed by atoms with E-state index in [0.717, 1.165) is 0 Å². The Morgan fingerprint density at radius 1 is 1.38 bits per heavy atom. The molecule has 0 aromatic heterocycles. The van der Waals surface area contributed by atoms with Gasteiger partial charge < -0.3 is 30.1 Å². The van der Waals surface area contributed by atoms with Gasteiger partial charge in [-0.1, -0.05) is 40.9 Å². The summed E-state index contributed by atoms with van der Waals surface area (Å²) in [6.45, 7) is 2.95. The van der Waals surface area contributed by atoms with Crippen molar-refractivity contribution in [2.75, 3.05) is 13.2 Å². The molecule has 0 radical (unpaired) electrons. The van der Waals surface area contributed by atoms with Crippen LogP contribution in [0, 0.1) is 0 Å².